The van der Waals surface area contributed by atoms with Crippen LogP contribution in [0, 0.1) is 12.8 Å². The molecule has 0 radical (unpaired) electrons. The summed E-state index contributed by atoms with van der Waals surface area (Å²) in [5.41, 5.74) is 8.86. The van der Waals surface area contributed by atoms with Gasteiger partial charge >= 0.3 is 0 Å². The van der Waals surface area contributed by atoms with Gasteiger partial charge in [0.1, 0.15) is 10.7 Å². The molecule has 1 aromatic rings. The summed E-state index contributed by atoms with van der Waals surface area (Å²) in [4.78, 5) is 44.3. The Morgan fingerprint density at radius 3 is 2.48 bits per heavy atom. The molecule has 9 nitrogen and oxygen atoms in total. The van der Waals surface area contributed by atoms with Crippen LogP contribution in [0.3, 0.4) is 0 Å². The molecule has 1 saturated heterocycles. The number of aromatic nitrogens is 1. The summed E-state index contributed by atoms with van der Waals surface area (Å²) >= 11 is 5.13. The number of pyridine rings is 1. The van der Waals surface area contributed by atoms with Crippen molar-refractivity contribution in [2.45, 2.75) is 19.8 Å². The number of carbonyl (C=O) groups is 3. The van der Waals surface area contributed by atoms with Gasteiger partial charge < -0.3 is 21.3 Å². The van der Waals surface area contributed by atoms with E-state index in [0.29, 0.717) is 17.9 Å². The van der Waals surface area contributed by atoms with Crippen molar-refractivity contribution in [2.75, 3.05) is 44.7 Å². The van der Waals surface area contributed by atoms with Crippen LogP contribution in [0.5, 0.6) is 0 Å². The predicted molar refractivity (Wildman–Crippen MR) is 122 cm³/mol. The minimum atomic E-state index is -0.656. The van der Waals surface area contributed by atoms with E-state index in [2.05, 4.69) is 25.4 Å². The highest BCUT2D eigenvalue weighted by Gasteiger charge is 2.34. The lowest BCUT2D eigenvalue weighted by Crippen LogP contribution is -2.47. The predicted octanol–water partition coefficient (Wildman–Crippen LogP) is 0.137. The standard InChI is InChI=1S/C21H28N6O3S/c1-13-17(6-5-16(24-13)20(29)23-2)27-9-7-26(8-10-27)12-15(22)11-18(31)25-21(30)19(28)14-3-4-14/h5-6,11,14H,3-4,7-10,12,22H2,1-2H3,(H,23,29)(H,25,30,31)/b15-11-. The molecule has 1 aliphatic carbocycles. The van der Waals surface area contributed by atoms with Gasteiger partial charge in [-0.15, -0.1) is 0 Å². The van der Waals surface area contributed by atoms with Gasteiger partial charge in [-0.05, 0) is 38.0 Å². The van der Waals surface area contributed by atoms with E-state index in [1.807, 2.05) is 13.0 Å². The van der Waals surface area contributed by atoms with Crippen LogP contribution in [0.25, 0.3) is 0 Å². The number of carbonyl (C=O) groups excluding carboxylic acids is 3. The topological polar surface area (TPSA) is 121 Å². The fraction of sp³-hybridized carbons (Fsp3) is 0.476. The molecule has 2 fully saturated rings. The second-order valence-electron chi connectivity index (χ2n) is 7.82. The van der Waals surface area contributed by atoms with Gasteiger partial charge in [0, 0.05) is 51.4 Å². The summed E-state index contributed by atoms with van der Waals surface area (Å²) in [6.07, 6.45) is 3.08. The van der Waals surface area contributed by atoms with E-state index in [9.17, 15) is 14.4 Å². The summed E-state index contributed by atoms with van der Waals surface area (Å²) in [5.74, 6) is -1.40. The minimum absolute atomic E-state index is 0.140. The molecule has 2 heterocycles. The van der Waals surface area contributed by atoms with E-state index in [-0.39, 0.29) is 16.8 Å². The molecule has 1 aromatic heterocycles. The van der Waals surface area contributed by atoms with Gasteiger partial charge in [-0.25, -0.2) is 4.98 Å². The maximum atomic E-state index is 11.8. The molecular weight excluding hydrogens is 416 g/mol. The third-order valence-corrected chi connectivity index (χ3v) is 5.58. The van der Waals surface area contributed by atoms with Crippen molar-refractivity contribution in [1.82, 2.24) is 20.5 Å². The van der Waals surface area contributed by atoms with Crippen molar-refractivity contribution >= 4 is 40.5 Å². The van der Waals surface area contributed by atoms with Crippen molar-refractivity contribution in [3.63, 3.8) is 0 Å². The number of anilines is 1. The molecule has 0 aromatic carbocycles. The Balaban J connectivity index is 1.48. The minimum Gasteiger partial charge on any atom is -0.401 e. The third kappa shape index (κ3) is 6.08. The molecule has 3 rings (SSSR count). The molecular formula is C21H28N6O3S. The summed E-state index contributed by atoms with van der Waals surface area (Å²) in [6, 6.07) is 3.67. The molecule has 0 unspecified atom stereocenters. The number of hydrogen-bond acceptors (Lipinski definition) is 8. The Morgan fingerprint density at radius 2 is 1.90 bits per heavy atom. The molecule has 0 spiro atoms. The van der Waals surface area contributed by atoms with Crippen LogP contribution in [0.2, 0.25) is 0 Å². The maximum Gasteiger partial charge on any atom is 0.292 e. The number of rotatable bonds is 7. The van der Waals surface area contributed by atoms with Crippen LogP contribution >= 0.6 is 12.2 Å². The Morgan fingerprint density at radius 1 is 1.23 bits per heavy atom. The van der Waals surface area contributed by atoms with Gasteiger partial charge in [0.2, 0.25) is 5.78 Å². The lowest BCUT2D eigenvalue weighted by molar-refractivity contribution is -0.137. The van der Waals surface area contributed by atoms with Crippen molar-refractivity contribution < 1.29 is 14.4 Å². The first-order valence-corrected chi connectivity index (χ1v) is 10.7. The number of nitrogens with zero attached hydrogens (tertiary/aromatic N) is 3. The van der Waals surface area contributed by atoms with Gasteiger partial charge in [-0.2, -0.15) is 0 Å². The average molecular weight is 445 g/mol. The first-order chi connectivity index (χ1) is 14.8. The molecule has 0 bridgehead atoms. The Bertz CT molecular complexity index is 920. The molecule has 0 atom stereocenters. The third-order valence-electron chi connectivity index (χ3n) is 5.36. The Hall–Kier alpha value is -2.85. The van der Waals surface area contributed by atoms with Gasteiger partial charge in [-0.3, -0.25) is 19.3 Å². The summed E-state index contributed by atoms with van der Waals surface area (Å²) < 4.78 is 0. The molecule has 2 amide bonds. The Labute approximate surface area is 187 Å². The number of Topliss-reactive ketones (excluding diaryl/α,β-unsaturated/α-hetero) is 1. The molecule has 4 N–H and O–H groups in total. The summed E-state index contributed by atoms with van der Waals surface area (Å²) in [7, 11) is 1.58. The van der Waals surface area contributed by atoms with Crippen LogP contribution in [-0.2, 0) is 9.59 Å². The van der Waals surface area contributed by atoms with E-state index < -0.39 is 11.7 Å². The van der Waals surface area contributed by atoms with Crippen LogP contribution in [0.4, 0.5) is 5.69 Å². The van der Waals surface area contributed by atoms with Crippen LogP contribution < -0.4 is 21.3 Å². The van der Waals surface area contributed by atoms with E-state index in [1.165, 1.54) is 6.08 Å². The average Bonchev–Trinajstić information content (AvgIpc) is 3.58. The smallest absolute Gasteiger partial charge is 0.292 e. The fourth-order valence-electron chi connectivity index (χ4n) is 3.50. The highest BCUT2D eigenvalue weighted by atomic mass is 32.1. The molecule has 166 valence electrons. The van der Waals surface area contributed by atoms with E-state index >= 15 is 0 Å². The first-order valence-electron chi connectivity index (χ1n) is 10.3. The lowest BCUT2D eigenvalue weighted by atomic mass is 10.2. The Kier molecular flexibility index (Phi) is 7.34. The lowest BCUT2D eigenvalue weighted by Gasteiger charge is -2.36. The van der Waals surface area contributed by atoms with Crippen LogP contribution in [-0.4, -0.2) is 72.2 Å². The number of piperazine rings is 1. The first kappa shape index (κ1) is 22.8. The number of aryl methyl sites for hydroxylation is 1. The van der Waals surface area contributed by atoms with Crippen LogP contribution in [0.1, 0.15) is 29.0 Å². The molecule has 10 heteroatoms. The summed E-state index contributed by atoms with van der Waals surface area (Å²) in [5, 5.41) is 5.03. The molecule has 31 heavy (non-hydrogen) atoms. The molecule has 2 aliphatic rings. The second-order valence-corrected chi connectivity index (χ2v) is 8.26. The van der Waals surface area contributed by atoms with Gasteiger partial charge in [-0.1, -0.05) is 12.2 Å². The SMILES string of the molecule is CNC(=O)c1ccc(N2CCN(C/C(N)=C/C(=S)NC(=O)C(=O)C3CC3)CC2)c(C)n1. The van der Waals surface area contributed by atoms with E-state index in [0.717, 1.165) is 50.4 Å². The van der Waals surface area contributed by atoms with E-state index in [4.69, 9.17) is 18.0 Å². The quantitative estimate of drug-likeness (QED) is 0.309. The highest BCUT2D eigenvalue weighted by Crippen LogP contribution is 2.29. The van der Waals surface area contributed by atoms with Gasteiger partial charge in [0.05, 0.1) is 11.4 Å². The number of amides is 2. The highest BCUT2D eigenvalue weighted by molar-refractivity contribution is 7.80. The van der Waals surface area contributed by atoms with Crippen molar-refractivity contribution in [3.05, 3.63) is 35.3 Å². The second kappa shape index (κ2) is 9.97. The number of thiocarbonyl (C=S) groups is 1. The van der Waals surface area contributed by atoms with Crippen molar-refractivity contribution in [1.29, 1.82) is 0 Å². The zero-order valence-corrected chi connectivity index (χ0v) is 18.6. The van der Waals surface area contributed by atoms with Crippen molar-refractivity contribution in [3.8, 4) is 0 Å². The number of ketones is 1. The van der Waals surface area contributed by atoms with E-state index in [1.54, 1.807) is 13.1 Å². The normalized spacial score (nSPS) is 17.2. The summed E-state index contributed by atoms with van der Waals surface area (Å²) in [6.45, 7) is 5.61. The van der Waals surface area contributed by atoms with Gasteiger partial charge in [0.15, 0.2) is 0 Å². The molecule has 1 saturated carbocycles. The monoisotopic (exact) mass is 444 g/mol. The number of nitrogens with one attached hydrogen (secondary N) is 2. The van der Waals surface area contributed by atoms with Crippen molar-refractivity contribution in [2.24, 2.45) is 11.7 Å². The zero-order valence-electron chi connectivity index (χ0n) is 17.8. The largest absolute Gasteiger partial charge is 0.401 e. The number of nitrogens with two attached hydrogens (primary N) is 1. The van der Waals surface area contributed by atoms with Gasteiger partial charge in [0.25, 0.3) is 11.8 Å². The maximum absolute atomic E-state index is 11.8. The molecule has 1 aliphatic heterocycles. The van der Waals surface area contributed by atoms with Crippen LogP contribution in [0.15, 0.2) is 23.9 Å². The zero-order chi connectivity index (χ0) is 22.5. The fourth-order valence-corrected chi connectivity index (χ4v) is 3.75. The number of hydrogen-bond donors (Lipinski definition) is 3.